The molecule has 0 spiro atoms. The number of hydrogen-bond acceptors (Lipinski definition) is 4. The highest BCUT2D eigenvalue weighted by molar-refractivity contribution is 7.11. The Labute approximate surface area is 131 Å². The Bertz CT molecular complexity index is 575. The Kier molecular flexibility index (Phi) is 5.37. The predicted octanol–water partition coefficient (Wildman–Crippen LogP) is 4.11. The summed E-state index contributed by atoms with van der Waals surface area (Å²) in [7, 11) is 1.69. The van der Waals surface area contributed by atoms with Crippen LogP contribution < -0.4 is 10.1 Å². The van der Waals surface area contributed by atoms with E-state index in [-0.39, 0.29) is 6.04 Å². The first-order valence-electron chi connectivity index (χ1n) is 7.41. The summed E-state index contributed by atoms with van der Waals surface area (Å²) in [5.74, 6) is 0.881. The maximum Gasteiger partial charge on any atom is 0.118 e. The van der Waals surface area contributed by atoms with Crippen molar-refractivity contribution in [2.75, 3.05) is 7.11 Å². The molecule has 1 aromatic heterocycles. The molecule has 1 aromatic carbocycles. The number of nitrogens with one attached hydrogen (secondary N) is 1. The average molecular weight is 304 g/mol. The minimum Gasteiger partial charge on any atom is -0.497 e. The standard InChI is InChI=1S/C17H24N2OS/c1-6-15-12(4)21-17(19-15)16(18-11(2)3)13-7-9-14(20-5)10-8-13/h7-11,16,18H,6H2,1-5H3. The predicted molar refractivity (Wildman–Crippen MR) is 89.3 cm³/mol. The summed E-state index contributed by atoms with van der Waals surface area (Å²) in [6, 6.07) is 8.77. The maximum atomic E-state index is 5.24. The zero-order chi connectivity index (χ0) is 15.4. The SMILES string of the molecule is CCc1nc(C(NC(C)C)c2ccc(OC)cc2)sc1C. The van der Waals surface area contributed by atoms with E-state index in [1.165, 1.54) is 16.1 Å². The molecule has 0 aliphatic heterocycles. The Balaban J connectivity index is 2.36. The molecule has 2 rings (SSSR count). The van der Waals surface area contributed by atoms with Crippen LogP contribution in [0.25, 0.3) is 0 Å². The fourth-order valence-corrected chi connectivity index (χ4v) is 3.44. The largest absolute Gasteiger partial charge is 0.497 e. The van der Waals surface area contributed by atoms with Gasteiger partial charge in [-0.25, -0.2) is 4.98 Å². The van der Waals surface area contributed by atoms with Gasteiger partial charge in [0.25, 0.3) is 0 Å². The molecule has 0 radical (unpaired) electrons. The van der Waals surface area contributed by atoms with E-state index in [4.69, 9.17) is 9.72 Å². The molecule has 0 amide bonds. The average Bonchev–Trinajstić information content (AvgIpc) is 2.85. The third-order valence-corrected chi connectivity index (χ3v) is 4.52. The van der Waals surface area contributed by atoms with Crippen molar-refractivity contribution >= 4 is 11.3 Å². The van der Waals surface area contributed by atoms with Gasteiger partial charge in [0.2, 0.25) is 0 Å². The number of ether oxygens (including phenoxy) is 1. The lowest BCUT2D eigenvalue weighted by atomic mass is 10.1. The Morgan fingerprint density at radius 1 is 1.24 bits per heavy atom. The number of benzene rings is 1. The van der Waals surface area contributed by atoms with Crippen LogP contribution in [0.15, 0.2) is 24.3 Å². The van der Waals surface area contributed by atoms with Gasteiger partial charge in [-0.3, -0.25) is 0 Å². The molecular formula is C17H24N2OS. The Morgan fingerprint density at radius 3 is 2.38 bits per heavy atom. The van der Waals surface area contributed by atoms with Gasteiger partial charge in [0, 0.05) is 10.9 Å². The minimum absolute atomic E-state index is 0.139. The van der Waals surface area contributed by atoms with Gasteiger partial charge in [-0.05, 0) is 44.9 Å². The number of aryl methyl sites for hydroxylation is 2. The van der Waals surface area contributed by atoms with Crippen molar-refractivity contribution < 1.29 is 4.74 Å². The van der Waals surface area contributed by atoms with Crippen molar-refractivity contribution in [2.24, 2.45) is 0 Å². The second-order valence-corrected chi connectivity index (χ2v) is 6.67. The summed E-state index contributed by atoms with van der Waals surface area (Å²) in [6.07, 6.45) is 0.985. The summed E-state index contributed by atoms with van der Waals surface area (Å²) in [4.78, 5) is 6.14. The van der Waals surface area contributed by atoms with Crippen LogP contribution in [-0.4, -0.2) is 18.1 Å². The molecule has 0 aliphatic carbocycles. The number of aromatic nitrogens is 1. The fourth-order valence-electron chi connectivity index (χ4n) is 2.34. The summed E-state index contributed by atoms with van der Waals surface area (Å²) < 4.78 is 5.24. The number of methoxy groups -OCH3 is 1. The highest BCUT2D eigenvalue weighted by Gasteiger charge is 2.20. The van der Waals surface area contributed by atoms with Crippen LogP contribution in [0.2, 0.25) is 0 Å². The molecule has 2 aromatic rings. The summed E-state index contributed by atoms with van der Waals surface area (Å²) in [5, 5.41) is 4.76. The zero-order valence-electron chi connectivity index (χ0n) is 13.4. The Morgan fingerprint density at radius 2 is 1.90 bits per heavy atom. The van der Waals surface area contributed by atoms with E-state index in [9.17, 15) is 0 Å². The van der Waals surface area contributed by atoms with E-state index in [0.717, 1.165) is 17.2 Å². The van der Waals surface area contributed by atoms with Gasteiger partial charge >= 0.3 is 0 Å². The minimum atomic E-state index is 0.139. The molecule has 21 heavy (non-hydrogen) atoms. The topological polar surface area (TPSA) is 34.2 Å². The van der Waals surface area contributed by atoms with E-state index >= 15 is 0 Å². The van der Waals surface area contributed by atoms with Crippen LogP contribution in [0.3, 0.4) is 0 Å². The third kappa shape index (κ3) is 3.83. The lowest BCUT2D eigenvalue weighted by molar-refractivity contribution is 0.414. The monoisotopic (exact) mass is 304 g/mol. The smallest absolute Gasteiger partial charge is 0.118 e. The maximum absolute atomic E-state index is 5.24. The zero-order valence-corrected chi connectivity index (χ0v) is 14.3. The van der Waals surface area contributed by atoms with Crippen LogP contribution in [0.4, 0.5) is 0 Å². The normalized spacial score (nSPS) is 12.7. The highest BCUT2D eigenvalue weighted by atomic mass is 32.1. The second kappa shape index (κ2) is 7.05. The fraction of sp³-hybridized carbons (Fsp3) is 0.471. The molecule has 0 fully saturated rings. The summed E-state index contributed by atoms with van der Waals surface area (Å²) in [6.45, 7) is 8.64. The molecule has 0 aliphatic rings. The lowest BCUT2D eigenvalue weighted by Gasteiger charge is -2.20. The third-order valence-electron chi connectivity index (χ3n) is 3.44. The molecule has 0 saturated heterocycles. The number of rotatable bonds is 6. The Hall–Kier alpha value is -1.39. The molecule has 3 nitrogen and oxygen atoms in total. The van der Waals surface area contributed by atoms with Crippen LogP contribution in [-0.2, 0) is 6.42 Å². The molecule has 4 heteroatoms. The van der Waals surface area contributed by atoms with E-state index in [1.807, 2.05) is 12.1 Å². The van der Waals surface area contributed by atoms with Crippen molar-refractivity contribution in [2.45, 2.75) is 46.2 Å². The molecule has 1 unspecified atom stereocenters. The van der Waals surface area contributed by atoms with Crippen LogP contribution >= 0.6 is 11.3 Å². The van der Waals surface area contributed by atoms with E-state index in [2.05, 4.69) is 45.1 Å². The number of nitrogens with zero attached hydrogens (tertiary/aromatic N) is 1. The molecule has 114 valence electrons. The molecule has 0 bridgehead atoms. The highest BCUT2D eigenvalue weighted by Crippen LogP contribution is 2.29. The molecule has 1 heterocycles. The van der Waals surface area contributed by atoms with Crippen molar-refractivity contribution in [1.29, 1.82) is 0 Å². The van der Waals surface area contributed by atoms with Gasteiger partial charge in [-0.1, -0.05) is 19.1 Å². The molecule has 1 N–H and O–H groups in total. The lowest BCUT2D eigenvalue weighted by Crippen LogP contribution is -2.28. The van der Waals surface area contributed by atoms with E-state index < -0.39 is 0 Å². The molecule has 0 saturated carbocycles. The summed E-state index contributed by atoms with van der Waals surface area (Å²) in [5.41, 5.74) is 2.43. The van der Waals surface area contributed by atoms with Crippen molar-refractivity contribution in [1.82, 2.24) is 10.3 Å². The van der Waals surface area contributed by atoms with Gasteiger partial charge < -0.3 is 10.1 Å². The van der Waals surface area contributed by atoms with Crippen molar-refractivity contribution in [3.63, 3.8) is 0 Å². The molecular weight excluding hydrogens is 280 g/mol. The number of hydrogen-bond donors (Lipinski definition) is 1. The van der Waals surface area contributed by atoms with Gasteiger partial charge in [0.15, 0.2) is 0 Å². The first kappa shape index (κ1) is 16.0. The van der Waals surface area contributed by atoms with E-state index in [0.29, 0.717) is 6.04 Å². The van der Waals surface area contributed by atoms with Gasteiger partial charge in [0.05, 0.1) is 18.8 Å². The van der Waals surface area contributed by atoms with Gasteiger partial charge in [0.1, 0.15) is 10.8 Å². The van der Waals surface area contributed by atoms with Gasteiger partial charge in [-0.15, -0.1) is 11.3 Å². The first-order valence-corrected chi connectivity index (χ1v) is 8.23. The quantitative estimate of drug-likeness (QED) is 0.872. The second-order valence-electron chi connectivity index (χ2n) is 5.44. The molecule has 1 atom stereocenters. The van der Waals surface area contributed by atoms with Crippen molar-refractivity contribution in [3.05, 3.63) is 45.4 Å². The van der Waals surface area contributed by atoms with Crippen molar-refractivity contribution in [3.8, 4) is 5.75 Å². The first-order chi connectivity index (χ1) is 10.0. The van der Waals surface area contributed by atoms with Crippen LogP contribution in [0.5, 0.6) is 5.75 Å². The van der Waals surface area contributed by atoms with Gasteiger partial charge in [-0.2, -0.15) is 0 Å². The van der Waals surface area contributed by atoms with E-state index in [1.54, 1.807) is 18.4 Å². The summed E-state index contributed by atoms with van der Waals surface area (Å²) >= 11 is 1.79. The van der Waals surface area contributed by atoms with Crippen LogP contribution in [0, 0.1) is 6.92 Å². The van der Waals surface area contributed by atoms with Crippen LogP contribution in [0.1, 0.15) is 48.0 Å². The number of thiazole rings is 1.